The van der Waals surface area contributed by atoms with Gasteiger partial charge in [0.25, 0.3) is 0 Å². The van der Waals surface area contributed by atoms with Crippen LogP contribution in [0.3, 0.4) is 0 Å². The minimum absolute atomic E-state index is 0. The molecule has 1 heterocycles. The molecule has 1 aliphatic heterocycles. The molecule has 1 aliphatic carbocycles. The van der Waals surface area contributed by atoms with E-state index in [0.717, 1.165) is 37.2 Å². The minimum atomic E-state index is -0.703. The number of amides is 1. The molecular weight excluding hydrogens is 304 g/mol. The molecule has 122 valence electrons. The van der Waals surface area contributed by atoms with E-state index in [1.165, 1.54) is 6.42 Å². The Hall–Kier alpha value is -1.46. The number of hydrogen-bond acceptors (Lipinski definition) is 4. The summed E-state index contributed by atoms with van der Waals surface area (Å²) in [6.45, 7) is 0.862. The third-order valence-electron chi connectivity index (χ3n) is 4.26. The highest BCUT2D eigenvalue weighted by molar-refractivity contribution is 5.86. The van der Waals surface area contributed by atoms with Crippen molar-refractivity contribution in [2.75, 3.05) is 13.2 Å². The SMILES string of the molecule is Cl.NC1(C(=O)NCC2COc3ccccc3O2)CCCCC1. The molecule has 3 N–H and O–H groups in total. The Morgan fingerprint density at radius 3 is 2.64 bits per heavy atom. The van der Waals surface area contributed by atoms with Crippen molar-refractivity contribution in [3.63, 3.8) is 0 Å². The molecule has 22 heavy (non-hydrogen) atoms. The Labute approximate surface area is 137 Å². The van der Waals surface area contributed by atoms with Crippen LogP contribution < -0.4 is 20.5 Å². The number of para-hydroxylation sites is 2. The van der Waals surface area contributed by atoms with Gasteiger partial charge in [-0.25, -0.2) is 0 Å². The first-order valence-electron chi connectivity index (χ1n) is 7.63. The van der Waals surface area contributed by atoms with E-state index in [1.54, 1.807) is 0 Å². The lowest BCUT2D eigenvalue weighted by Crippen LogP contribution is -2.56. The van der Waals surface area contributed by atoms with Gasteiger partial charge in [0.05, 0.1) is 12.1 Å². The van der Waals surface area contributed by atoms with Gasteiger partial charge in [0.1, 0.15) is 12.7 Å². The first kappa shape index (κ1) is 16.9. The third kappa shape index (κ3) is 3.65. The lowest BCUT2D eigenvalue weighted by Gasteiger charge is -2.33. The molecule has 0 bridgehead atoms. The minimum Gasteiger partial charge on any atom is -0.486 e. The zero-order chi connectivity index (χ0) is 14.7. The third-order valence-corrected chi connectivity index (χ3v) is 4.26. The van der Waals surface area contributed by atoms with Gasteiger partial charge in [0.15, 0.2) is 11.5 Å². The molecule has 5 nitrogen and oxygen atoms in total. The van der Waals surface area contributed by atoms with Gasteiger partial charge in [-0.2, -0.15) is 0 Å². The molecule has 1 fully saturated rings. The first-order chi connectivity index (χ1) is 10.2. The molecule has 1 aromatic rings. The Kier molecular flexibility index (Phi) is 5.53. The van der Waals surface area contributed by atoms with Crippen LogP contribution in [0.2, 0.25) is 0 Å². The van der Waals surface area contributed by atoms with Crippen LogP contribution >= 0.6 is 12.4 Å². The zero-order valence-corrected chi connectivity index (χ0v) is 13.4. The number of fused-ring (bicyclic) bond motifs is 1. The number of nitrogens with one attached hydrogen (secondary N) is 1. The summed E-state index contributed by atoms with van der Waals surface area (Å²) in [5, 5.41) is 2.92. The van der Waals surface area contributed by atoms with E-state index in [2.05, 4.69) is 5.32 Å². The van der Waals surface area contributed by atoms with Crippen LogP contribution in [0.25, 0.3) is 0 Å². The van der Waals surface area contributed by atoms with Crippen LogP contribution in [-0.4, -0.2) is 30.7 Å². The molecule has 1 atom stereocenters. The topological polar surface area (TPSA) is 73.6 Å². The van der Waals surface area contributed by atoms with Crippen LogP contribution in [0.4, 0.5) is 0 Å². The van der Waals surface area contributed by atoms with Crippen molar-refractivity contribution >= 4 is 18.3 Å². The Morgan fingerprint density at radius 1 is 1.23 bits per heavy atom. The van der Waals surface area contributed by atoms with Crippen molar-refractivity contribution in [2.24, 2.45) is 5.73 Å². The van der Waals surface area contributed by atoms with Crippen LogP contribution in [0.1, 0.15) is 32.1 Å². The van der Waals surface area contributed by atoms with E-state index in [0.29, 0.717) is 13.2 Å². The maximum absolute atomic E-state index is 12.3. The van der Waals surface area contributed by atoms with Gasteiger partial charge in [-0.3, -0.25) is 4.79 Å². The lowest BCUT2D eigenvalue weighted by atomic mass is 9.82. The molecule has 0 spiro atoms. The molecular formula is C16H23ClN2O3. The van der Waals surface area contributed by atoms with Crippen LogP contribution in [0.15, 0.2) is 24.3 Å². The number of rotatable bonds is 3. The average molecular weight is 327 g/mol. The van der Waals surface area contributed by atoms with E-state index in [1.807, 2.05) is 24.3 Å². The molecule has 3 rings (SSSR count). The summed E-state index contributed by atoms with van der Waals surface area (Å²) in [7, 11) is 0. The fraction of sp³-hybridized carbons (Fsp3) is 0.562. The number of carbonyl (C=O) groups excluding carboxylic acids is 1. The number of halogens is 1. The van der Waals surface area contributed by atoms with E-state index < -0.39 is 5.54 Å². The predicted octanol–water partition coefficient (Wildman–Crippen LogP) is 2.03. The number of hydrogen-bond donors (Lipinski definition) is 2. The molecule has 6 heteroatoms. The molecule has 0 radical (unpaired) electrons. The number of ether oxygens (including phenoxy) is 2. The predicted molar refractivity (Wildman–Crippen MR) is 86.6 cm³/mol. The Bertz CT molecular complexity index is 518. The monoisotopic (exact) mass is 326 g/mol. The summed E-state index contributed by atoms with van der Waals surface area (Å²) in [6, 6.07) is 7.56. The lowest BCUT2D eigenvalue weighted by molar-refractivity contribution is -0.128. The molecule has 0 saturated heterocycles. The fourth-order valence-corrected chi connectivity index (χ4v) is 2.96. The maximum Gasteiger partial charge on any atom is 0.240 e. The molecule has 2 aliphatic rings. The summed E-state index contributed by atoms with van der Waals surface area (Å²) >= 11 is 0. The normalized spacial score (nSPS) is 22.3. The zero-order valence-electron chi connectivity index (χ0n) is 12.5. The largest absolute Gasteiger partial charge is 0.486 e. The summed E-state index contributed by atoms with van der Waals surface area (Å²) < 4.78 is 11.5. The van der Waals surface area contributed by atoms with Crippen LogP contribution in [0.5, 0.6) is 11.5 Å². The number of benzene rings is 1. The fourth-order valence-electron chi connectivity index (χ4n) is 2.96. The molecule has 1 saturated carbocycles. The highest BCUT2D eigenvalue weighted by Gasteiger charge is 2.35. The van der Waals surface area contributed by atoms with Gasteiger partial charge in [0.2, 0.25) is 5.91 Å². The van der Waals surface area contributed by atoms with Gasteiger partial charge in [-0.05, 0) is 25.0 Å². The van der Waals surface area contributed by atoms with Crippen molar-refractivity contribution in [1.29, 1.82) is 0 Å². The number of nitrogens with two attached hydrogens (primary N) is 1. The van der Waals surface area contributed by atoms with Gasteiger partial charge in [-0.15, -0.1) is 12.4 Å². The first-order valence-corrected chi connectivity index (χ1v) is 7.63. The molecule has 1 unspecified atom stereocenters. The van der Waals surface area contributed by atoms with E-state index >= 15 is 0 Å². The highest BCUT2D eigenvalue weighted by atomic mass is 35.5. The quantitative estimate of drug-likeness (QED) is 0.891. The second-order valence-corrected chi connectivity index (χ2v) is 5.92. The standard InChI is InChI=1S/C16H22N2O3.ClH/c17-16(8-4-1-5-9-16)15(19)18-10-12-11-20-13-6-2-3-7-14(13)21-12;/h2-3,6-7,12H,1,4-5,8-11,17H2,(H,18,19);1H. The van der Waals surface area contributed by atoms with Crippen molar-refractivity contribution < 1.29 is 14.3 Å². The van der Waals surface area contributed by atoms with Gasteiger partial charge in [0, 0.05) is 0 Å². The van der Waals surface area contributed by atoms with Crippen molar-refractivity contribution in [2.45, 2.75) is 43.7 Å². The smallest absolute Gasteiger partial charge is 0.240 e. The van der Waals surface area contributed by atoms with Crippen LogP contribution in [0, 0.1) is 0 Å². The number of carbonyl (C=O) groups is 1. The highest BCUT2D eigenvalue weighted by Crippen LogP contribution is 2.31. The summed E-state index contributed by atoms with van der Waals surface area (Å²) in [5.74, 6) is 1.41. The van der Waals surface area contributed by atoms with Gasteiger partial charge < -0.3 is 20.5 Å². The van der Waals surface area contributed by atoms with Crippen LogP contribution in [-0.2, 0) is 4.79 Å². The van der Waals surface area contributed by atoms with Crippen molar-refractivity contribution in [3.8, 4) is 11.5 Å². The van der Waals surface area contributed by atoms with E-state index in [9.17, 15) is 4.79 Å². The molecule has 0 aromatic heterocycles. The summed E-state index contributed by atoms with van der Waals surface area (Å²) in [6.07, 6.45) is 4.59. The second kappa shape index (κ2) is 7.20. The molecule has 1 aromatic carbocycles. The second-order valence-electron chi connectivity index (χ2n) is 5.92. The Balaban J connectivity index is 0.00000176. The maximum atomic E-state index is 12.3. The van der Waals surface area contributed by atoms with Crippen molar-refractivity contribution in [3.05, 3.63) is 24.3 Å². The van der Waals surface area contributed by atoms with E-state index in [-0.39, 0.29) is 24.4 Å². The summed E-state index contributed by atoms with van der Waals surface area (Å²) in [4.78, 5) is 12.3. The summed E-state index contributed by atoms with van der Waals surface area (Å²) in [5.41, 5.74) is 5.51. The molecule has 1 amide bonds. The average Bonchev–Trinajstić information content (AvgIpc) is 2.53. The van der Waals surface area contributed by atoms with Crippen molar-refractivity contribution in [1.82, 2.24) is 5.32 Å². The van der Waals surface area contributed by atoms with Gasteiger partial charge in [-0.1, -0.05) is 31.4 Å². The Morgan fingerprint density at radius 2 is 1.91 bits per heavy atom. The van der Waals surface area contributed by atoms with E-state index in [4.69, 9.17) is 15.2 Å². The van der Waals surface area contributed by atoms with Gasteiger partial charge >= 0.3 is 0 Å².